The normalized spacial score (nSPS) is 24.1. The van der Waals surface area contributed by atoms with Crippen LogP contribution < -0.4 is 0 Å². The van der Waals surface area contributed by atoms with E-state index >= 15 is 0 Å². The van der Waals surface area contributed by atoms with Crippen LogP contribution in [0.25, 0.3) is 5.57 Å². The molecular formula is C17H21NO3S. The van der Waals surface area contributed by atoms with Gasteiger partial charge in [-0.15, -0.1) is 11.3 Å². The summed E-state index contributed by atoms with van der Waals surface area (Å²) in [7, 11) is 0. The number of nitrogens with zero attached hydrogens (tertiary/aromatic N) is 1. The molecule has 1 saturated heterocycles. The zero-order valence-electron chi connectivity index (χ0n) is 13.2. The molecule has 2 aliphatic rings. The largest absolute Gasteiger partial charge is 0.444 e. The standard InChI is InChI=1S/C17H21NO3S/c1-17(2,3)21-16(20)18-13-4-5-14(18)7-11(6-13)12-8-15(9-19)22-10-12/h6,8-10,13-14H,4-5,7H2,1-3H3. The number of rotatable bonds is 2. The average Bonchev–Trinajstić information content (AvgIpc) is 3.00. The van der Waals surface area contributed by atoms with Crippen LogP contribution >= 0.6 is 11.3 Å². The molecule has 0 radical (unpaired) electrons. The minimum Gasteiger partial charge on any atom is -0.444 e. The number of thiophene rings is 1. The first-order valence-electron chi connectivity index (χ1n) is 7.63. The number of aldehydes is 1. The van der Waals surface area contributed by atoms with E-state index in [4.69, 9.17) is 4.74 Å². The first kappa shape index (κ1) is 15.3. The molecule has 5 heteroatoms. The Balaban J connectivity index is 1.80. The molecule has 3 rings (SSSR count). The summed E-state index contributed by atoms with van der Waals surface area (Å²) in [6, 6.07) is 2.26. The van der Waals surface area contributed by atoms with Gasteiger partial charge in [0.1, 0.15) is 5.60 Å². The van der Waals surface area contributed by atoms with Gasteiger partial charge in [-0.3, -0.25) is 9.69 Å². The van der Waals surface area contributed by atoms with Crippen molar-refractivity contribution in [2.75, 3.05) is 0 Å². The van der Waals surface area contributed by atoms with Crippen molar-refractivity contribution in [1.82, 2.24) is 4.90 Å². The van der Waals surface area contributed by atoms with E-state index in [2.05, 4.69) is 6.08 Å². The van der Waals surface area contributed by atoms with Gasteiger partial charge < -0.3 is 4.74 Å². The Bertz CT molecular complexity index is 626. The fourth-order valence-electron chi connectivity index (χ4n) is 3.23. The number of amides is 1. The van der Waals surface area contributed by atoms with Crippen LogP contribution in [0.5, 0.6) is 0 Å². The zero-order valence-corrected chi connectivity index (χ0v) is 14.0. The van der Waals surface area contributed by atoms with Gasteiger partial charge in [-0.05, 0) is 62.6 Å². The van der Waals surface area contributed by atoms with Gasteiger partial charge in [0.05, 0.1) is 10.9 Å². The van der Waals surface area contributed by atoms with Crippen LogP contribution in [0.1, 0.15) is 55.3 Å². The molecule has 2 unspecified atom stereocenters. The maximum Gasteiger partial charge on any atom is 0.411 e. The number of hydrogen-bond donors (Lipinski definition) is 0. The lowest BCUT2D eigenvalue weighted by atomic mass is 9.97. The first-order chi connectivity index (χ1) is 10.4. The van der Waals surface area contributed by atoms with Gasteiger partial charge >= 0.3 is 6.09 Å². The summed E-state index contributed by atoms with van der Waals surface area (Å²) in [5.74, 6) is 0. The third kappa shape index (κ3) is 2.95. The van der Waals surface area contributed by atoms with Gasteiger partial charge in [-0.2, -0.15) is 0 Å². The van der Waals surface area contributed by atoms with Crippen LogP contribution in [-0.2, 0) is 4.74 Å². The second kappa shape index (κ2) is 5.54. The molecule has 4 nitrogen and oxygen atoms in total. The Hall–Kier alpha value is -1.62. The van der Waals surface area contributed by atoms with Crippen molar-refractivity contribution in [3.63, 3.8) is 0 Å². The lowest BCUT2D eigenvalue weighted by Crippen LogP contribution is -2.45. The van der Waals surface area contributed by atoms with E-state index in [9.17, 15) is 9.59 Å². The van der Waals surface area contributed by atoms with Crippen LogP contribution in [-0.4, -0.2) is 35.0 Å². The van der Waals surface area contributed by atoms with Gasteiger partial charge in [-0.25, -0.2) is 4.79 Å². The summed E-state index contributed by atoms with van der Waals surface area (Å²) in [4.78, 5) is 25.9. The highest BCUT2D eigenvalue weighted by molar-refractivity contribution is 7.11. The molecule has 1 aromatic heterocycles. The molecule has 0 saturated carbocycles. The van der Waals surface area contributed by atoms with E-state index < -0.39 is 5.60 Å². The topological polar surface area (TPSA) is 46.6 Å². The minimum absolute atomic E-state index is 0.114. The van der Waals surface area contributed by atoms with Crippen LogP contribution in [0.3, 0.4) is 0 Å². The number of fused-ring (bicyclic) bond motifs is 2. The molecule has 0 aromatic carbocycles. The van der Waals surface area contributed by atoms with Crippen molar-refractivity contribution in [2.45, 2.75) is 57.7 Å². The molecular weight excluding hydrogens is 298 g/mol. The van der Waals surface area contributed by atoms with Gasteiger partial charge in [0.15, 0.2) is 6.29 Å². The molecule has 2 atom stereocenters. The predicted molar refractivity (Wildman–Crippen MR) is 87.2 cm³/mol. The van der Waals surface area contributed by atoms with Crippen LogP contribution in [0.4, 0.5) is 4.79 Å². The van der Waals surface area contributed by atoms with Crippen molar-refractivity contribution in [3.8, 4) is 0 Å². The number of carbonyl (C=O) groups excluding carboxylic acids is 2. The maximum atomic E-state index is 12.4. The summed E-state index contributed by atoms with van der Waals surface area (Å²) in [6.07, 6.45) is 5.68. The highest BCUT2D eigenvalue weighted by Gasteiger charge is 2.41. The van der Waals surface area contributed by atoms with E-state index in [1.807, 2.05) is 37.1 Å². The Kier molecular flexibility index (Phi) is 3.85. The van der Waals surface area contributed by atoms with E-state index in [1.165, 1.54) is 16.9 Å². The molecule has 2 bridgehead atoms. The molecule has 2 aliphatic heterocycles. The van der Waals surface area contributed by atoms with E-state index in [0.717, 1.165) is 36.0 Å². The molecule has 1 aromatic rings. The zero-order chi connectivity index (χ0) is 15.9. The fraction of sp³-hybridized carbons (Fsp3) is 0.529. The summed E-state index contributed by atoms with van der Waals surface area (Å²) >= 11 is 1.47. The third-order valence-corrected chi connectivity index (χ3v) is 4.96. The summed E-state index contributed by atoms with van der Waals surface area (Å²) < 4.78 is 5.53. The molecule has 0 N–H and O–H groups in total. The minimum atomic E-state index is -0.466. The molecule has 3 heterocycles. The SMILES string of the molecule is CC(C)(C)OC(=O)N1C2C=C(c3csc(C=O)c3)CC1CC2. The second-order valence-electron chi connectivity index (χ2n) is 6.94. The van der Waals surface area contributed by atoms with E-state index in [0.29, 0.717) is 0 Å². The molecule has 1 amide bonds. The Morgan fingerprint density at radius 2 is 2.18 bits per heavy atom. The van der Waals surface area contributed by atoms with Gasteiger partial charge in [0, 0.05) is 6.04 Å². The number of hydrogen-bond acceptors (Lipinski definition) is 4. The predicted octanol–water partition coefficient (Wildman–Crippen LogP) is 4.12. The Labute approximate surface area is 134 Å². The smallest absolute Gasteiger partial charge is 0.411 e. The number of ether oxygens (including phenoxy) is 1. The molecule has 0 aliphatic carbocycles. The maximum absolute atomic E-state index is 12.4. The van der Waals surface area contributed by atoms with Gasteiger partial charge in [-0.1, -0.05) is 6.08 Å². The third-order valence-electron chi connectivity index (χ3n) is 4.11. The first-order valence-corrected chi connectivity index (χ1v) is 8.51. The van der Waals surface area contributed by atoms with Crippen LogP contribution in [0, 0.1) is 0 Å². The van der Waals surface area contributed by atoms with Crippen molar-refractivity contribution >= 4 is 29.3 Å². The highest BCUT2D eigenvalue weighted by atomic mass is 32.1. The van der Waals surface area contributed by atoms with Crippen molar-refractivity contribution in [2.24, 2.45) is 0 Å². The van der Waals surface area contributed by atoms with Crippen molar-refractivity contribution in [1.29, 1.82) is 0 Å². The lowest BCUT2D eigenvalue weighted by Gasteiger charge is -2.35. The number of carbonyl (C=O) groups is 2. The molecule has 1 fully saturated rings. The Morgan fingerprint density at radius 1 is 1.41 bits per heavy atom. The van der Waals surface area contributed by atoms with Crippen molar-refractivity contribution in [3.05, 3.63) is 28.0 Å². The van der Waals surface area contributed by atoms with Crippen molar-refractivity contribution < 1.29 is 14.3 Å². The monoisotopic (exact) mass is 319 g/mol. The van der Waals surface area contributed by atoms with Crippen LogP contribution in [0.2, 0.25) is 0 Å². The summed E-state index contributed by atoms with van der Waals surface area (Å²) in [5.41, 5.74) is 1.90. The fourth-order valence-corrected chi connectivity index (χ4v) is 3.96. The lowest BCUT2D eigenvalue weighted by molar-refractivity contribution is 0.0175. The second-order valence-corrected chi connectivity index (χ2v) is 7.88. The Morgan fingerprint density at radius 3 is 2.77 bits per heavy atom. The quantitative estimate of drug-likeness (QED) is 0.771. The van der Waals surface area contributed by atoms with Gasteiger partial charge in [0.25, 0.3) is 0 Å². The van der Waals surface area contributed by atoms with E-state index in [-0.39, 0.29) is 18.2 Å². The molecule has 118 valence electrons. The average molecular weight is 319 g/mol. The summed E-state index contributed by atoms with van der Waals surface area (Å²) in [6.45, 7) is 5.68. The summed E-state index contributed by atoms with van der Waals surface area (Å²) in [5, 5.41) is 2.03. The molecule has 0 spiro atoms. The van der Waals surface area contributed by atoms with Gasteiger partial charge in [0.2, 0.25) is 0 Å². The van der Waals surface area contributed by atoms with Crippen LogP contribution in [0.15, 0.2) is 17.5 Å². The highest BCUT2D eigenvalue weighted by Crippen LogP contribution is 2.40. The molecule has 22 heavy (non-hydrogen) atoms. The van der Waals surface area contributed by atoms with E-state index in [1.54, 1.807) is 0 Å².